The summed E-state index contributed by atoms with van der Waals surface area (Å²) < 4.78 is 0. The molecule has 0 amide bonds. The number of benzene rings is 3. The lowest BCUT2D eigenvalue weighted by atomic mass is 9.52. The first-order valence-electron chi connectivity index (χ1n) is 29.3. The molecular weight excluding hydrogens is 969 g/mol. The summed E-state index contributed by atoms with van der Waals surface area (Å²) in [6, 6.07) is 22.2. The highest BCUT2D eigenvalue weighted by Crippen LogP contribution is 2.55. The van der Waals surface area contributed by atoms with Crippen LogP contribution in [-0.4, -0.2) is 118 Å². The standard InChI is InChI=1S/C65H90N2O10/c1-4-5-17-56(71)57(72)32-23-47-22-21-46-15-8-7-14-45(46)16-13-38-65(62(3,77)64(36-9-6-10-37-64)49-26-28-50(69)29-27-49)41-44-19-24-48(25-20-44)63(34-11-12-35-63)61(76)52-30-18-43(2)66-60(54(52)40-59(74)75)58(73)33-31-55(67-65)53(47)39-51(70)42-68/h7-8,14-15,19-20,23-29,32,43,51-52,54-58,60-61,66-73,76-77H,4-6,9-12,17-18,21-22,30-31,33-42H2,1-3H3,(H,74,75). The van der Waals surface area contributed by atoms with Gasteiger partial charge in [-0.25, -0.2) is 0 Å². The number of hydrogen-bond acceptors (Lipinski definition) is 11. The summed E-state index contributed by atoms with van der Waals surface area (Å²) in [5, 5.41) is 115. The number of aliphatic hydroxyl groups excluding tert-OH is 6. The van der Waals surface area contributed by atoms with E-state index in [1.54, 1.807) is 18.2 Å². The van der Waals surface area contributed by atoms with Crippen molar-refractivity contribution in [3.63, 3.8) is 0 Å². The van der Waals surface area contributed by atoms with Crippen molar-refractivity contribution in [3.05, 3.63) is 124 Å². The zero-order valence-corrected chi connectivity index (χ0v) is 46.1. The number of aryl methyl sites for hydroxylation is 1. The highest BCUT2D eigenvalue weighted by molar-refractivity contribution is 5.67. The van der Waals surface area contributed by atoms with Crippen molar-refractivity contribution in [2.24, 2.45) is 11.8 Å². The van der Waals surface area contributed by atoms with E-state index >= 15 is 0 Å². The number of aliphatic carboxylic acids is 1. The molecule has 3 aromatic rings. The predicted molar refractivity (Wildman–Crippen MR) is 301 cm³/mol. The number of unbranched alkanes of at least 4 members (excludes halogenated alkanes) is 1. The Morgan fingerprint density at radius 1 is 0.870 bits per heavy atom. The molecule has 11 N–H and O–H groups in total. The lowest BCUT2D eigenvalue weighted by molar-refractivity contribution is -0.140. The van der Waals surface area contributed by atoms with Crippen LogP contribution in [0, 0.1) is 23.7 Å². The van der Waals surface area contributed by atoms with Crippen molar-refractivity contribution in [1.82, 2.24) is 10.6 Å². The summed E-state index contributed by atoms with van der Waals surface area (Å²) in [5.41, 5.74) is 1.62. The van der Waals surface area contributed by atoms with Crippen LogP contribution in [0.5, 0.6) is 5.75 Å². The van der Waals surface area contributed by atoms with Crippen molar-refractivity contribution in [2.45, 2.75) is 233 Å². The van der Waals surface area contributed by atoms with Crippen LogP contribution in [0.15, 0.2) is 96.1 Å². The molecule has 1 spiro atoms. The van der Waals surface area contributed by atoms with Crippen molar-refractivity contribution in [2.75, 3.05) is 6.61 Å². The number of carboxylic acid groups (broad SMARTS) is 1. The van der Waals surface area contributed by atoms with Gasteiger partial charge in [-0.3, -0.25) is 4.79 Å². The third kappa shape index (κ3) is 12.8. The number of rotatable bonds is 14. The fourth-order valence-corrected chi connectivity index (χ4v) is 15.0. The Balaban J connectivity index is 1.44. The molecule has 2 aliphatic carbocycles. The van der Waals surface area contributed by atoms with Gasteiger partial charge in [0.15, 0.2) is 0 Å². The van der Waals surface area contributed by atoms with Gasteiger partial charge < -0.3 is 56.6 Å². The lowest BCUT2D eigenvalue weighted by Gasteiger charge is -2.59. The molecule has 12 heteroatoms. The first kappa shape index (κ1) is 58.8. The van der Waals surface area contributed by atoms with E-state index in [9.17, 15) is 50.8 Å². The number of fused-ring (bicyclic) bond motifs is 5. The van der Waals surface area contributed by atoms with Gasteiger partial charge in [0.25, 0.3) is 0 Å². The molecule has 3 fully saturated rings. The molecule has 4 heterocycles. The fraction of sp³-hybridized carbons (Fsp3) is 0.615. The second-order valence-corrected chi connectivity index (χ2v) is 24.2. The minimum absolute atomic E-state index is 0.0154. The van der Waals surface area contributed by atoms with E-state index < -0.39 is 89.0 Å². The molecule has 1 saturated heterocycles. The summed E-state index contributed by atoms with van der Waals surface area (Å²) in [6.07, 6.45) is 10.0. The molecule has 77 heavy (non-hydrogen) atoms. The average Bonchev–Trinajstić information content (AvgIpc) is 3.87. The van der Waals surface area contributed by atoms with Gasteiger partial charge in [-0.15, -0.1) is 0 Å². The number of phenolic OH excluding ortho intramolecular Hbond substituents is 1. The van der Waals surface area contributed by atoms with Crippen LogP contribution in [0.3, 0.4) is 0 Å². The lowest BCUT2D eigenvalue weighted by Crippen LogP contribution is -2.73. The Morgan fingerprint density at radius 3 is 2.25 bits per heavy atom. The van der Waals surface area contributed by atoms with Gasteiger partial charge in [0.2, 0.25) is 0 Å². The number of carbonyl (C=O) groups is 1. The SMILES string of the molecule is CCCCC(O)C(O)C=CC1=C(CC(O)CO)C2CCC(O)C3NC(C)CCC(C3CC(=O)O)C(O)C3(CCCC3)c3ccc(cc3)CC(C(C)(O)C3(c4ccc(O)cc4)CCCCC3)(CC#Cc3ccccc3CC1)N2. The molecule has 2 saturated carbocycles. The minimum Gasteiger partial charge on any atom is -0.508 e. The molecule has 12 atom stereocenters. The van der Waals surface area contributed by atoms with Crippen molar-refractivity contribution in [3.8, 4) is 17.6 Å². The Labute approximate surface area is 458 Å². The first-order chi connectivity index (χ1) is 37.0. The molecule has 420 valence electrons. The van der Waals surface area contributed by atoms with E-state index in [1.165, 1.54) is 0 Å². The van der Waals surface area contributed by atoms with E-state index in [0.29, 0.717) is 50.5 Å². The average molecular weight is 1060 g/mol. The van der Waals surface area contributed by atoms with Gasteiger partial charge >= 0.3 is 5.97 Å². The van der Waals surface area contributed by atoms with Crippen LogP contribution < -0.4 is 10.6 Å². The summed E-state index contributed by atoms with van der Waals surface area (Å²) in [4.78, 5) is 13.1. The number of allylic oxidation sites excluding steroid dienone is 2. The molecule has 12 unspecified atom stereocenters. The Morgan fingerprint density at radius 2 is 1.56 bits per heavy atom. The Hall–Kier alpha value is -4.39. The van der Waals surface area contributed by atoms with Crippen LogP contribution in [-0.2, 0) is 28.5 Å². The topological polar surface area (TPSA) is 223 Å². The third-order valence-electron chi connectivity index (χ3n) is 19.5. The largest absolute Gasteiger partial charge is 0.508 e. The zero-order valence-electron chi connectivity index (χ0n) is 46.1. The molecule has 0 radical (unpaired) electrons. The van der Waals surface area contributed by atoms with E-state index in [1.807, 2.05) is 50.3 Å². The van der Waals surface area contributed by atoms with Crippen LogP contribution >= 0.6 is 0 Å². The number of hydrogen-bond donors (Lipinski definition) is 11. The van der Waals surface area contributed by atoms with Crippen molar-refractivity contribution >= 4 is 5.97 Å². The quantitative estimate of drug-likeness (QED) is 0.0686. The Bertz CT molecular complexity index is 2540. The molecule has 3 aromatic carbocycles. The zero-order chi connectivity index (χ0) is 55.0. The maximum Gasteiger partial charge on any atom is 0.303 e. The monoisotopic (exact) mass is 1060 g/mol. The van der Waals surface area contributed by atoms with Gasteiger partial charge in [0.05, 0.1) is 54.7 Å². The second-order valence-electron chi connectivity index (χ2n) is 24.2. The molecule has 9 rings (SSSR count). The molecule has 12 nitrogen and oxygen atoms in total. The van der Waals surface area contributed by atoms with E-state index in [4.69, 9.17) is 0 Å². The number of phenols is 1. The molecule has 4 aliphatic heterocycles. The van der Waals surface area contributed by atoms with Crippen LogP contribution in [0.2, 0.25) is 0 Å². The Kier molecular flexibility index (Phi) is 19.7. The van der Waals surface area contributed by atoms with Crippen molar-refractivity contribution in [1.29, 1.82) is 0 Å². The summed E-state index contributed by atoms with van der Waals surface area (Å²) in [5.74, 6) is 5.27. The first-order valence-corrected chi connectivity index (χ1v) is 29.3. The number of aromatic hydroxyl groups is 1. The molecular formula is C65H90N2O10. The predicted octanol–water partition coefficient (Wildman–Crippen LogP) is 8.36. The number of nitrogens with one attached hydrogen (secondary N) is 2. The third-order valence-corrected chi connectivity index (χ3v) is 19.5. The van der Waals surface area contributed by atoms with E-state index in [2.05, 4.69) is 59.7 Å². The van der Waals surface area contributed by atoms with Crippen molar-refractivity contribution < 1.29 is 50.8 Å². The summed E-state index contributed by atoms with van der Waals surface area (Å²) in [7, 11) is 0. The fourth-order valence-electron chi connectivity index (χ4n) is 15.0. The smallest absolute Gasteiger partial charge is 0.303 e. The van der Waals surface area contributed by atoms with Gasteiger partial charge in [0.1, 0.15) is 5.75 Å². The van der Waals surface area contributed by atoms with Gasteiger partial charge in [-0.1, -0.05) is 130 Å². The summed E-state index contributed by atoms with van der Waals surface area (Å²) >= 11 is 0. The maximum atomic E-state index is 14.6. The van der Waals surface area contributed by atoms with Gasteiger partial charge in [0, 0.05) is 40.9 Å². The van der Waals surface area contributed by atoms with Crippen LogP contribution in [0.25, 0.3) is 0 Å². The molecule has 6 aliphatic rings. The maximum absolute atomic E-state index is 14.6. The number of aliphatic hydroxyl groups is 7. The second kappa shape index (κ2) is 25.8. The van der Waals surface area contributed by atoms with E-state index in [-0.39, 0.29) is 50.3 Å². The molecule has 0 aromatic heterocycles. The van der Waals surface area contributed by atoms with Gasteiger partial charge in [-0.2, -0.15) is 0 Å². The summed E-state index contributed by atoms with van der Waals surface area (Å²) in [6.45, 7) is 5.48. The van der Waals surface area contributed by atoms with E-state index in [0.717, 1.165) is 91.2 Å². The minimum atomic E-state index is -1.63. The number of carboxylic acids is 1. The van der Waals surface area contributed by atoms with Crippen LogP contribution in [0.4, 0.5) is 0 Å². The van der Waals surface area contributed by atoms with Gasteiger partial charge in [-0.05, 0) is 161 Å². The highest BCUT2D eigenvalue weighted by Gasteiger charge is 2.61. The van der Waals surface area contributed by atoms with Crippen LogP contribution in [0.1, 0.15) is 177 Å². The highest BCUT2D eigenvalue weighted by atomic mass is 16.4. The normalized spacial score (nSPS) is 29.9. The molecule has 6 bridgehead atoms.